The Morgan fingerprint density at radius 2 is 1.22 bits per heavy atom. The van der Waals surface area contributed by atoms with E-state index in [1.54, 1.807) is 7.11 Å². The fourth-order valence-electron chi connectivity index (χ4n) is 4.37. The Morgan fingerprint density at radius 3 is 1.81 bits per heavy atom. The topological polar surface area (TPSA) is 18.5 Å². The number of methoxy groups -OCH3 is 1. The summed E-state index contributed by atoms with van der Waals surface area (Å²) < 4.78 is 11.6. The van der Waals surface area contributed by atoms with Crippen LogP contribution in [0, 0.1) is 0 Å². The fraction of sp³-hybridized carbons (Fsp3) is 0.636. The summed E-state index contributed by atoms with van der Waals surface area (Å²) in [5.74, 6) is 0.917. The largest absolute Gasteiger partial charge is 0.497 e. The van der Waals surface area contributed by atoms with Crippen LogP contribution in [0.5, 0.6) is 5.75 Å². The molecule has 0 aliphatic heterocycles. The van der Waals surface area contributed by atoms with Crippen LogP contribution in [-0.4, -0.2) is 22.0 Å². The van der Waals surface area contributed by atoms with Crippen molar-refractivity contribution in [1.29, 1.82) is 0 Å². The van der Waals surface area contributed by atoms with E-state index in [1.807, 2.05) is 6.07 Å². The maximum Gasteiger partial charge on any atom is 0.191 e. The minimum Gasteiger partial charge on any atom is -0.497 e. The molecule has 3 heteroatoms. The Balaban J connectivity index is 1.39. The van der Waals surface area contributed by atoms with Gasteiger partial charge in [0.1, 0.15) is 5.75 Å². The number of allylic oxidation sites excluding steroid dienone is 1. The molecule has 36 heavy (non-hydrogen) atoms. The van der Waals surface area contributed by atoms with E-state index in [9.17, 15) is 0 Å². The zero-order valence-electron chi connectivity index (χ0n) is 24.3. The Labute approximate surface area is 224 Å². The van der Waals surface area contributed by atoms with Gasteiger partial charge in [-0.3, -0.25) is 0 Å². The smallest absolute Gasteiger partial charge is 0.191 e. The van der Waals surface area contributed by atoms with Gasteiger partial charge in [0.15, 0.2) is 8.32 Å². The number of rotatable bonds is 18. The maximum atomic E-state index is 6.28. The Kier molecular flexibility index (Phi) is 13.9. The molecule has 0 aromatic heterocycles. The molecule has 0 fully saturated rings. The lowest BCUT2D eigenvalue weighted by molar-refractivity contribution is 0.277. The summed E-state index contributed by atoms with van der Waals surface area (Å²) in [4.78, 5) is 0. The molecule has 0 saturated heterocycles. The number of benzene rings is 2. The maximum absolute atomic E-state index is 6.28. The lowest BCUT2D eigenvalue weighted by Crippen LogP contribution is -2.40. The molecule has 0 aliphatic carbocycles. The van der Waals surface area contributed by atoms with E-state index in [0.29, 0.717) is 5.04 Å². The fourth-order valence-corrected chi connectivity index (χ4v) is 5.46. The van der Waals surface area contributed by atoms with Crippen molar-refractivity contribution in [3.05, 3.63) is 48.0 Å². The highest BCUT2D eigenvalue weighted by molar-refractivity contribution is 6.74. The summed E-state index contributed by atoms with van der Waals surface area (Å²) in [6, 6.07) is 12.9. The molecule has 0 atom stereocenters. The first-order valence-corrected chi connectivity index (χ1v) is 17.5. The van der Waals surface area contributed by atoms with E-state index in [4.69, 9.17) is 9.16 Å². The third kappa shape index (κ3) is 11.6. The van der Waals surface area contributed by atoms with Crippen molar-refractivity contribution in [2.45, 2.75) is 122 Å². The number of ether oxygens (including phenoxy) is 1. The molecule has 0 N–H and O–H groups in total. The summed E-state index contributed by atoms with van der Waals surface area (Å²) in [5, 5.41) is 2.83. The van der Waals surface area contributed by atoms with Gasteiger partial charge in [-0.1, -0.05) is 115 Å². The van der Waals surface area contributed by atoms with Gasteiger partial charge in [-0.2, -0.15) is 0 Å². The van der Waals surface area contributed by atoms with Gasteiger partial charge in [-0.15, -0.1) is 0 Å². The second-order valence-electron chi connectivity index (χ2n) is 12.0. The molecule has 0 heterocycles. The van der Waals surface area contributed by atoms with Crippen molar-refractivity contribution >= 4 is 25.2 Å². The van der Waals surface area contributed by atoms with Gasteiger partial charge in [-0.05, 0) is 71.9 Å². The van der Waals surface area contributed by atoms with E-state index >= 15 is 0 Å². The van der Waals surface area contributed by atoms with Crippen LogP contribution in [0.25, 0.3) is 16.8 Å². The van der Waals surface area contributed by atoms with E-state index in [1.165, 1.54) is 99.8 Å². The SMILES string of the molecule is COc1ccc2cc(/C=C/CCCCCCCCCCCCCCO[Si](C)(C)C(C)(C)C)ccc2c1. The molecule has 2 nitrogen and oxygen atoms in total. The summed E-state index contributed by atoms with van der Waals surface area (Å²) in [5.41, 5.74) is 1.28. The molecule has 0 radical (unpaired) electrons. The van der Waals surface area contributed by atoms with Crippen LogP contribution in [0.2, 0.25) is 18.1 Å². The highest BCUT2D eigenvalue weighted by atomic mass is 28.4. The van der Waals surface area contributed by atoms with Crippen LogP contribution in [0.3, 0.4) is 0 Å². The number of hydrogen-bond donors (Lipinski definition) is 0. The Bertz CT molecular complexity index is 894. The predicted molar refractivity (Wildman–Crippen MR) is 163 cm³/mol. The first kappa shape index (κ1) is 30.6. The van der Waals surface area contributed by atoms with Crippen molar-refractivity contribution in [3.63, 3.8) is 0 Å². The average molecular weight is 511 g/mol. The van der Waals surface area contributed by atoms with Gasteiger partial charge in [0.2, 0.25) is 0 Å². The summed E-state index contributed by atoms with van der Waals surface area (Å²) in [6.07, 6.45) is 22.3. The van der Waals surface area contributed by atoms with Crippen LogP contribution in [0.1, 0.15) is 110 Å². The molecule has 0 saturated carbocycles. The van der Waals surface area contributed by atoms with Crippen molar-refractivity contribution < 1.29 is 9.16 Å². The van der Waals surface area contributed by atoms with Gasteiger partial charge >= 0.3 is 0 Å². The molecule has 2 aromatic rings. The second-order valence-corrected chi connectivity index (χ2v) is 16.8. The highest BCUT2D eigenvalue weighted by Gasteiger charge is 2.36. The molecule has 0 bridgehead atoms. The third-order valence-electron chi connectivity index (χ3n) is 7.92. The van der Waals surface area contributed by atoms with E-state index in [2.05, 4.69) is 76.3 Å². The summed E-state index contributed by atoms with van der Waals surface area (Å²) in [6.45, 7) is 12.6. The standard InChI is InChI=1S/C33H54O2Si/c1-33(2,3)36(5,6)35-26-20-18-16-14-12-10-8-7-9-11-13-15-17-19-21-29-22-23-31-28-32(34-4)25-24-30(31)27-29/h19,21-25,27-28H,7-18,20,26H2,1-6H3/b21-19+. The van der Waals surface area contributed by atoms with Crippen LogP contribution in [0.4, 0.5) is 0 Å². The van der Waals surface area contributed by atoms with Crippen LogP contribution >= 0.6 is 0 Å². The normalized spacial score (nSPS) is 12.6. The number of hydrogen-bond acceptors (Lipinski definition) is 2. The molecule has 2 aromatic carbocycles. The van der Waals surface area contributed by atoms with E-state index in [0.717, 1.165) is 12.4 Å². The van der Waals surface area contributed by atoms with E-state index < -0.39 is 8.32 Å². The van der Waals surface area contributed by atoms with Gasteiger partial charge in [0.05, 0.1) is 7.11 Å². The predicted octanol–water partition coefficient (Wildman–Crippen LogP) is 11.0. The molecule has 0 aliphatic rings. The second kappa shape index (κ2) is 16.3. The number of unbranched alkanes of at least 4 members (excludes halogenated alkanes) is 12. The Hall–Kier alpha value is -1.58. The lowest BCUT2D eigenvalue weighted by Gasteiger charge is -2.36. The van der Waals surface area contributed by atoms with E-state index in [-0.39, 0.29) is 0 Å². The highest BCUT2D eigenvalue weighted by Crippen LogP contribution is 2.36. The monoisotopic (exact) mass is 510 g/mol. The van der Waals surface area contributed by atoms with Crippen LogP contribution in [0.15, 0.2) is 42.5 Å². The zero-order chi connectivity index (χ0) is 26.3. The molecule has 0 unspecified atom stereocenters. The number of fused-ring (bicyclic) bond motifs is 1. The minimum atomic E-state index is -1.54. The molecular formula is C33H54O2Si. The molecular weight excluding hydrogens is 456 g/mol. The van der Waals surface area contributed by atoms with Crippen molar-refractivity contribution in [2.24, 2.45) is 0 Å². The van der Waals surface area contributed by atoms with Crippen molar-refractivity contribution in [3.8, 4) is 5.75 Å². The van der Waals surface area contributed by atoms with Crippen LogP contribution in [-0.2, 0) is 4.43 Å². The van der Waals surface area contributed by atoms with Gasteiger partial charge in [-0.25, -0.2) is 0 Å². The lowest BCUT2D eigenvalue weighted by atomic mass is 10.0. The van der Waals surface area contributed by atoms with Gasteiger partial charge < -0.3 is 9.16 Å². The molecule has 202 valence electrons. The molecule has 2 rings (SSSR count). The molecule has 0 spiro atoms. The Morgan fingerprint density at radius 1 is 0.694 bits per heavy atom. The summed E-state index contributed by atoms with van der Waals surface area (Å²) >= 11 is 0. The third-order valence-corrected chi connectivity index (χ3v) is 12.5. The van der Waals surface area contributed by atoms with Gasteiger partial charge in [0.25, 0.3) is 0 Å². The van der Waals surface area contributed by atoms with Crippen LogP contribution < -0.4 is 4.74 Å². The summed E-state index contributed by atoms with van der Waals surface area (Å²) in [7, 11) is 0.174. The minimum absolute atomic E-state index is 0.332. The first-order chi connectivity index (χ1) is 17.2. The van der Waals surface area contributed by atoms with Crippen molar-refractivity contribution in [2.75, 3.05) is 13.7 Å². The first-order valence-electron chi connectivity index (χ1n) is 14.6. The van der Waals surface area contributed by atoms with Gasteiger partial charge in [0, 0.05) is 6.61 Å². The average Bonchev–Trinajstić information content (AvgIpc) is 2.84. The quantitative estimate of drug-likeness (QED) is 0.147. The zero-order valence-corrected chi connectivity index (χ0v) is 25.3. The molecule has 0 amide bonds. The van der Waals surface area contributed by atoms with Crippen molar-refractivity contribution in [1.82, 2.24) is 0 Å².